The van der Waals surface area contributed by atoms with Crippen molar-refractivity contribution >= 4 is 0 Å². The molecule has 2 aromatic rings. The summed E-state index contributed by atoms with van der Waals surface area (Å²) in [5.74, 6) is 6.20. The minimum absolute atomic E-state index is 0.476. The van der Waals surface area contributed by atoms with Crippen molar-refractivity contribution in [2.45, 2.75) is 0 Å². The highest BCUT2D eigenvalue weighted by molar-refractivity contribution is 5.37. The monoisotopic (exact) mass is 170 g/mol. The molecule has 62 valence electrons. The maximum Gasteiger partial charge on any atom is 0.223 e. The Morgan fingerprint density at radius 1 is 1.08 bits per heavy atom. The molecule has 1 aromatic carbocycles. The van der Waals surface area contributed by atoms with Gasteiger partial charge < -0.3 is 0 Å². The number of aromatic amines is 1. The van der Waals surface area contributed by atoms with E-state index in [1.165, 1.54) is 0 Å². The molecule has 0 bridgehead atoms. The van der Waals surface area contributed by atoms with Crippen molar-refractivity contribution in [3.05, 3.63) is 41.7 Å². The van der Waals surface area contributed by atoms with Gasteiger partial charge in [-0.2, -0.15) is 0 Å². The molecule has 2 rings (SSSR count). The van der Waals surface area contributed by atoms with Crippen molar-refractivity contribution in [1.29, 1.82) is 0 Å². The van der Waals surface area contributed by atoms with E-state index < -0.39 is 0 Å². The van der Waals surface area contributed by atoms with Crippen molar-refractivity contribution in [2.75, 3.05) is 0 Å². The van der Waals surface area contributed by atoms with Gasteiger partial charge in [0.15, 0.2) is 0 Å². The number of nitrogens with one attached hydrogen (secondary N) is 1. The van der Waals surface area contributed by atoms with Crippen molar-refractivity contribution < 1.29 is 0 Å². The van der Waals surface area contributed by atoms with E-state index in [-0.39, 0.29) is 0 Å². The molecule has 4 heteroatoms. The van der Waals surface area contributed by atoms with Gasteiger partial charge in [0.1, 0.15) is 0 Å². The largest absolute Gasteiger partial charge is 0.232 e. The molecule has 0 aliphatic carbocycles. The van der Waals surface area contributed by atoms with Crippen molar-refractivity contribution in [2.24, 2.45) is 0 Å². The molecule has 0 aliphatic heterocycles. The highest BCUT2D eigenvalue weighted by atomic mass is 15.5. The fourth-order valence-electron chi connectivity index (χ4n) is 0.865. The van der Waals surface area contributed by atoms with Crippen LogP contribution in [0.3, 0.4) is 0 Å². The van der Waals surface area contributed by atoms with E-state index >= 15 is 0 Å². The van der Waals surface area contributed by atoms with E-state index in [1.807, 2.05) is 30.3 Å². The van der Waals surface area contributed by atoms with Gasteiger partial charge in [-0.3, -0.25) is 0 Å². The Bertz CT molecular complexity index is 422. The normalized spacial score (nSPS) is 8.92. The standard InChI is InChI=1S/C9H6N4/c1-2-4-8(5-3-1)6-7-9-10-12-13-11-9/h1-5H,(H,10,11,12,13). The average Bonchev–Trinajstić information content (AvgIpc) is 2.69. The molecule has 0 radical (unpaired) electrons. The van der Waals surface area contributed by atoms with Crippen LogP contribution in [0, 0.1) is 11.8 Å². The van der Waals surface area contributed by atoms with Crippen LogP contribution in [0.5, 0.6) is 0 Å². The Morgan fingerprint density at radius 2 is 1.92 bits per heavy atom. The van der Waals surface area contributed by atoms with Gasteiger partial charge in [0.25, 0.3) is 0 Å². The van der Waals surface area contributed by atoms with Gasteiger partial charge in [0.2, 0.25) is 5.82 Å². The third kappa shape index (κ3) is 1.91. The maximum atomic E-state index is 3.64. The number of rotatable bonds is 0. The molecule has 0 saturated carbocycles. The minimum Gasteiger partial charge on any atom is -0.232 e. The van der Waals surface area contributed by atoms with Crippen LogP contribution in [-0.4, -0.2) is 20.6 Å². The first kappa shape index (κ1) is 7.50. The van der Waals surface area contributed by atoms with Gasteiger partial charge in [-0.25, -0.2) is 5.10 Å². The SMILES string of the molecule is C(#Cc1nnn[nH]1)c1ccccc1. The Morgan fingerprint density at radius 3 is 2.62 bits per heavy atom. The predicted molar refractivity (Wildman–Crippen MR) is 46.6 cm³/mol. The fourth-order valence-corrected chi connectivity index (χ4v) is 0.865. The molecule has 13 heavy (non-hydrogen) atoms. The van der Waals surface area contributed by atoms with Crippen LogP contribution >= 0.6 is 0 Å². The summed E-state index contributed by atoms with van der Waals surface area (Å²) in [6, 6.07) is 9.67. The zero-order valence-corrected chi connectivity index (χ0v) is 6.73. The van der Waals surface area contributed by atoms with Crippen molar-refractivity contribution in [1.82, 2.24) is 20.6 Å². The van der Waals surface area contributed by atoms with E-state index in [1.54, 1.807) is 0 Å². The van der Waals surface area contributed by atoms with Gasteiger partial charge in [-0.15, -0.1) is 0 Å². The summed E-state index contributed by atoms with van der Waals surface area (Å²) in [6.07, 6.45) is 0. The Kier molecular flexibility index (Phi) is 2.02. The number of nitrogens with zero attached hydrogens (tertiary/aromatic N) is 3. The topological polar surface area (TPSA) is 54.5 Å². The third-order valence-corrected chi connectivity index (χ3v) is 1.44. The molecule has 1 heterocycles. The zero-order chi connectivity index (χ0) is 8.93. The number of tetrazole rings is 1. The smallest absolute Gasteiger partial charge is 0.223 e. The Hall–Kier alpha value is -2.15. The van der Waals surface area contributed by atoms with E-state index in [0.29, 0.717) is 5.82 Å². The number of aromatic nitrogens is 4. The summed E-state index contributed by atoms with van der Waals surface area (Å²) in [4.78, 5) is 0. The number of H-pyrrole nitrogens is 1. The van der Waals surface area contributed by atoms with E-state index in [9.17, 15) is 0 Å². The van der Waals surface area contributed by atoms with Crippen LogP contribution in [0.15, 0.2) is 30.3 Å². The third-order valence-electron chi connectivity index (χ3n) is 1.44. The molecule has 0 unspecified atom stereocenters. The van der Waals surface area contributed by atoms with Gasteiger partial charge in [-0.1, -0.05) is 29.2 Å². The van der Waals surface area contributed by atoms with E-state index in [2.05, 4.69) is 32.5 Å². The van der Waals surface area contributed by atoms with Gasteiger partial charge in [-0.05, 0) is 28.5 Å². The summed E-state index contributed by atoms with van der Waals surface area (Å²) in [6.45, 7) is 0. The lowest BCUT2D eigenvalue weighted by Crippen LogP contribution is -1.77. The molecule has 4 nitrogen and oxygen atoms in total. The summed E-state index contributed by atoms with van der Waals surface area (Å²) in [5.41, 5.74) is 0.943. The second kappa shape index (κ2) is 3.50. The summed E-state index contributed by atoms with van der Waals surface area (Å²) < 4.78 is 0. The lowest BCUT2D eigenvalue weighted by molar-refractivity contribution is 0.881. The molecule has 1 N–H and O–H groups in total. The molecule has 0 aliphatic rings. The fraction of sp³-hybridized carbons (Fsp3) is 0. The Balaban J connectivity index is 2.23. The lowest BCUT2D eigenvalue weighted by Gasteiger charge is -1.84. The maximum absolute atomic E-state index is 3.64. The predicted octanol–water partition coefficient (Wildman–Crippen LogP) is 0.600. The van der Waals surface area contributed by atoms with Crippen LogP contribution in [0.4, 0.5) is 0 Å². The lowest BCUT2D eigenvalue weighted by atomic mass is 10.2. The first-order valence-electron chi connectivity index (χ1n) is 3.76. The summed E-state index contributed by atoms with van der Waals surface area (Å²) in [5, 5.41) is 13.0. The van der Waals surface area contributed by atoms with Crippen LogP contribution in [0.25, 0.3) is 0 Å². The summed E-state index contributed by atoms with van der Waals surface area (Å²) in [7, 11) is 0. The first-order valence-corrected chi connectivity index (χ1v) is 3.76. The zero-order valence-electron chi connectivity index (χ0n) is 6.73. The molecular formula is C9H6N4. The molecule has 0 saturated heterocycles. The van der Waals surface area contributed by atoms with Crippen molar-refractivity contribution in [3.8, 4) is 11.8 Å². The second-order valence-corrected chi connectivity index (χ2v) is 2.37. The number of hydrogen-bond acceptors (Lipinski definition) is 3. The average molecular weight is 170 g/mol. The second-order valence-electron chi connectivity index (χ2n) is 2.37. The van der Waals surface area contributed by atoms with Gasteiger partial charge in [0, 0.05) is 5.56 Å². The highest BCUT2D eigenvalue weighted by Gasteiger charge is 1.87. The van der Waals surface area contributed by atoms with Gasteiger partial charge >= 0.3 is 0 Å². The molecule has 0 atom stereocenters. The van der Waals surface area contributed by atoms with Crippen molar-refractivity contribution in [3.63, 3.8) is 0 Å². The van der Waals surface area contributed by atoms with E-state index in [0.717, 1.165) is 5.56 Å². The first-order chi connectivity index (χ1) is 6.45. The van der Waals surface area contributed by atoms with E-state index in [4.69, 9.17) is 0 Å². The summed E-state index contributed by atoms with van der Waals surface area (Å²) >= 11 is 0. The van der Waals surface area contributed by atoms with Gasteiger partial charge in [0.05, 0.1) is 0 Å². The molecule has 0 amide bonds. The van der Waals surface area contributed by atoms with Crippen LogP contribution < -0.4 is 0 Å². The quantitative estimate of drug-likeness (QED) is 0.589. The van der Waals surface area contributed by atoms with Crippen LogP contribution in [0.1, 0.15) is 11.4 Å². The molecule has 0 spiro atoms. The minimum atomic E-state index is 0.476. The molecular weight excluding hydrogens is 164 g/mol. The highest BCUT2D eigenvalue weighted by Crippen LogP contribution is 1.94. The molecule has 0 fully saturated rings. The number of hydrogen-bond donors (Lipinski definition) is 1. The number of benzene rings is 1. The van der Waals surface area contributed by atoms with Crippen LogP contribution in [-0.2, 0) is 0 Å². The van der Waals surface area contributed by atoms with Crippen LogP contribution in [0.2, 0.25) is 0 Å². The Labute approximate surface area is 75.0 Å². The molecule has 1 aromatic heterocycles.